The number of benzene rings is 1. The maximum absolute atomic E-state index is 12.3. The topological polar surface area (TPSA) is 94.3 Å². The molecule has 2 heterocycles. The van der Waals surface area contributed by atoms with Gasteiger partial charge in [-0.2, -0.15) is 0 Å². The number of carbonyl (C=O) groups excluding carboxylic acids is 2. The highest BCUT2D eigenvalue weighted by Gasteiger charge is 2.19. The fraction of sp³-hybridized carbons (Fsp3) is 0.176. The first kappa shape index (κ1) is 18.1. The number of hydrogen-bond acceptors (Lipinski definition) is 7. The average molecular weight is 392 g/mol. The minimum Gasteiger partial charge on any atom is -0.462 e. The van der Waals surface area contributed by atoms with Crippen molar-refractivity contribution in [3.05, 3.63) is 51.6 Å². The predicted octanol–water partition coefficient (Wildman–Crippen LogP) is 4.19. The van der Waals surface area contributed by atoms with Crippen molar-refractivity contribution in [2.24, 2.45) is 0 Å². The fourth-order valence-electron chi connectivity index (χ4n) is 2.13. The molecule has 1 amide bonds. The van der Waals surface area contributed by atoms with Gasteiger partial charge in [0.05, 0.1) is 12.3 Å². The van der Waals surface area contributed by atoms with E-state index in [2.05, 4.69) is 15.5 Å². The van der Waals surface area contributed by atoms with Gasteiger partial charge < -0.3 is 9.26 Å². The summed E-state index contributed by atoms with van der Waals surface area (Å²) >= 11 is 6.90. The smallest absolute Gasteiger partial charge is 0.350 e. The zero-order valence-corrected chi connectivity index (χ0v) is 15.5. The van der Waals surface area contributed by atoms with E-state index in [1.54, 1.807) is 38.1 Å². The third-order valence-electron chi connectivity index (χ3n) is 3.35. The lowest BCUT2D eigenvalue weighted by atomic mass is 10.1. The van der Waals surface area contributed by atoms with Crippen LogP contribution in [0.1, 0.15) is 32.8 Å². The zero-order valence-electron chi connectivity index (χ0n) is 13.9. The molecule has 0 aliphatic heterocycles. The van der Waals surface area contributed by atoms with Gasteiger partial charge in [0.1, 0.15) is 4.88 Å². The highest BCUT2D eigenvalue weighted by Crippen LogP contribution is 2.25. The number of nitrogens with zero attached hydrogens (tertiary/aromatic N) is 2. The number of ether oxygens (including phenoxy) is 1. The molecule has 0 radical (unpaired) electrons. The summed E-state index contributed by atoms with van der Waals surface area (Å²) in [5.74, 6) is -0.512. The van der Waals surface area contributed by atoms with Gasteiger partial charge in [-0.15, -0.1) is 0 Å². The van der Waals surface area contributed by atoms with Gasteiger partial charge in [0, 0.05) is 16.7 Å². The number of aromatic nitrogens is 2. The number of thiazole rings is 1. The molecule has 134 valence electrons. The summed E-state index contributed by atoms with van der Waals surface area (Å²) in [6.07, 6.45) is 0. The molecule has 0 aliphatic rings. The van der Waals surface area contributed by atoms with Gasteiger partial charge in [0.2, 0.25) is 0 Å². The molecule has 1 aromatic carbocycles. The molecular formula is C17H14ClN3O4S. The van der Waals surface area contributed by atoms with E-state index < -0.39 is 11.9 Å². The second kappa shape index (κ2) is 7.67. The summed E-state index contributed by atoms with van der Waals surface area (Å²) in [6.45, 7) is 3.66. The van der Waals surface area contributed by atoms with Crippen molar-refractivity contribution < 1.29 is 18.8 Å². The summed E-state index contributed by atoms with van der Waals surface area (Å²) in [7, 11) is 0. The van der Waals surface area contributed by atoms with E-state index in [-0.39, 0.29) is 17.4 Å². The molecule has 7 nitrogen and oxygen atoms in total. The summed E-state index contributed by atoms with van der Waals surface area (Å²) in [6, 6.07) is 8.48. The standard InChI is InChI=1S/C17H14ClN3O4S/c1-3-24-16(23)14-9(2)19-17(26-14)20-15(22)12-8-13(25-21-12)10-4-6-11(18)7-5-10/h4-8H,3H2,1-2H3,(H,19,20,22). The van der Waals surface area contributed by atoms with Crippen molar-refractivity contribution in [1.82, 2.24) is 10.1 Å². The summed E-state index contributed by atoms with van der Waals surface area (Å²) < 4.78 is 10.2. The van der Waals surface area contributed by atoms with Gasteiger partial charge in [-0.3, -0.25) is 10.1 Å². The summed E-state index contributed by atoms with van der Waals surface area (Å²) in [4.78, 5) is 28.7. The average Bonchev–Trinajstić information content (AvgIpc) is 3.23. The number of halogens is 1. The van der Waals surface area contributed by atoms with E-state index >= 15 is 0 Å². The molecule has 0 aliphatic carbocycles. The minimum atomic E-state index is -0.488. The zero-order chi connectivity index (χ0) is 18.7. The number of hydrogen-bond donors (Lipinski definition) is 1. The summed E-state index contributed by atoms with van der Waals surface area (Å²) in [5, 5.41) is 7.26. The van der Waals surface area contributed by atoms with Gasteiger partial charge in [-0.05, 0) is 38.1 Å². The number of anilines is 1. The first-order valence-electron chi connectivity index (χ1n) is 7.66. The molecule has 0 fully saturated rings. The van der Waals surface area contributed by atoms with Crippen LogP contribution in [0.15, 0.2) is 34.9 Å². The van der Waals surface area contributed by atoms with Crippen molar-refractivity contribution in [1.29, 1.82) is 0 Å². The van der Waals surface area contributed by atoms with Crippen LogP contribution in [-0.4, -0.2) is 28.6 Å². The van der Waals surface area contributed by atoms with Crippen LogP contribution in [0.5, 0.6) is 0 Å². The lowest BCUT2D eigenvalue weighted by molar-refractivity contribution is 0.0531. The molecular weight excluding hydrogens is 378 g/mol. The normalized spacial score (nSPS) is 10.6. The van der Waals surface area contributed by atoms with Crippen LogP contribution in [0.4, 0.5) is 5.13 Å². The van der Waals surface area contributed by atoms with E-state index in [0.717, 1.165) is 16.9 Å². The monoisotopic (exact) mass is 391 g/mol. The quantitative estimate of drug-likeness (QED) is 0.655. The Morgan fingerprint density at radius 3 is 2.73 bits per heavy atom. The highest BCUT2D eigenvalue weighted by molar-refractivity contribution is 7.17. The largest absolute Gasteiger partial charge is 0.462 e. The molecule has 0 unspecified atom stereocenters. The Hall–Kier alpha value is -2.71. The molecule has 2 aromatic heterocycles. The number of amides is 1. The second-order valence-corrected chi connectivity index (χ2v) is 6.63. The molecule has 9 heteroatoms. The van der Waals surface area contributed by atoms with Crippen LogP contribution >= 0.6 is 22.9 Å². The molecule has 26 heavy (non-hydrogen) atoms. The van der Waals surface area contributed by atoms with Gasteiger partial charge >= 0.3 is 5.97 Å². The van der Waals surface area contributed by atoms with Crippen LogP contribution in [0.3, 0.4) is 0 Å². The Kier molecular flexibility index (Phi) is 5.34. The predicted molar refractivity (Wildman–Crippen MR) is 97.7 cm³/mol. The number of rotatable bonds is 5. The summed E-state index contributed by atoms with van der Waals surface area (Å²) in [5.41, 5.74) is 1.34. The van der Waals surface area contributed by atoms with E-state index in [9.17, 15) is 9.59 Å². The molecule has 0 spiro atoms. The van der Waals surface area contributed by atoms with E-state index in [0.29, 0.717) is 21.4 Å². The Morgan fingerprint density at radius 1 is 1.31 bits per heavy atom. The lowest BCUT2D eigenvalue weighted by Gasteiger charge is -1.98. The van der Waals surface area contributed by atoms with E-state index in [4.69, 9.17) is 20.9 Å². The maximum atomic E-state index is 12.3. The number of esters is 1. The van der Waals surface area contributed by atoms with Crippen LogP contribution in [0, 0.1) is 6.92 Å². The van der Waals surface area contributed by atoms with Crippen LogP contribution in [-0.2, 0) is 4.74 Å². The van der Waals surface area contributed by atoms with Crippen LogP contribution in [0.25, 0.3) is 11.3 Å². The fourth-order valence-corrected chi connectivity index (χ4v) is 3.11. The highest BCUT2D eigenvalue weighted by atomic mass is 35.5. The molecule has 0 bridgehead atoms. The first-order chi connectivity index (χ1) is 12.5. The third-order valence-corrected chi connectivity index (χ3v) is 4.65. The Labute approximate surface area is 157 Å². The third kappa shape index (κ3) is 3.92. The Balaban J connectivity index is 1.74. The molecule has 0 saturated carbocycles. The molecule has 1 N–H and O–H groups in total. The Morgan fingerprint density at radius 2 is 2.04 bits per heavy atom. The lowest BCUT2D eigenvalue weighted by Crippen LogP contribution is -2.11. The number of carbonyl (C=O) groups is 2. The Bertz CT molecular complexity index is 949. The van der Waals surface area contributed by atoms with Crippen molar-refractivity contribution in [3.63, 3.8) is 0 Å². The maximum Gasteiger partial charge on any atom is 0.350 e. The van der Waals surface area contributed by atoms with Gasteiger partial charge in [-0.1, -0.05) is 28.1 Å². The van der Waals surface area contributed by atoms with Gasteiger partial charge in [0.25, 0.3) is 5.91 Å². The van der Waals surface area contributed by atoms with Crippen LogP contribution in [0.2, 0.25) is 5.02 Å². The van der Waals surface area contributed by atoms with Gasteiger partial charge in [0.15, 0.2) is 16.6 Å². The van der Waals surface area contributed by atoms with Crippen molar-refractivity contribution >= 4 is 39.9 Å². The van der Waals surface area contributed by atoms with Crippen LogP contribution < -0.4 is 5.32 Å². The molecule has 0 saturated heterocycles. The van der Waals surface area contributed by atoms with Crippen molar-refractivity contribution in [2.45, 2.75) is 13.8 Å². The van der Waals surface area contributed by atoms with E-state index in [1.807, 2.05) is 0 Å². The molecule has 3 aromatic rings. The minimum absolute atomic E-state index is 0.0977. The number of aryl methyl sites for hydroxylation is 1. The van der Waals surface area contributed by atoms with E-state index in [1.165, 1.54) is 6.07 Å². The number of nitrogens with one attached hydrogen (secondary N) is 1. The molecule has 3 rings (SSSR count). The molecule has 0 atom stereocenters. The second-order valence-electron chi connectivity index (χ2n) is 5.19. The van der Waals surface area contributed by atoms with Crippen molar-refractivity contribution in [2.75, 3.05) is 11.9 Å². The van der Waals surface area contributed by atoms with Gasteiger partial charge in [-0.25, -0.2) is 9.78 Å². The SMILES string of the molecule is CCOC(=O)c1sc(NC(=O)c2cc(-c3ccc(Cl)cc3)on2)nc1C. The van der Waals surface area contributed by atoms with Crippen molar-refractivity contribution in [3.8, 4) is 11.3 Å². The first-order valence-corrected chi connectivity index (χ1v) is 8.86.